The summed E-state index contributed by atoms with van der Waals surface area (Å²) in [6.45, 7) is -1.34. The van der Waals surface area contributed by atoms with Crippen LogP contribution >= 0.6 is 0 Å². The van der Waals surface area contributed by atoms with Crippen LogP contribution in [0.1, 0.15) is 23.3 Å². The molecule has 10 N–H and O–H groups in total. The minimum atomic E-state index is -1.96. The van der Waals surface area contributed by atoms with Gasteiger partial charge in [-0.3, -0.25) is 4.79 Å². The third-order valence-corrected chi connectivity index (χ3v) is 7.31. The predicted octanol–water partition coefficient (Wildman–Crippen LogP) is -1.75. The molecule has 2 aliphatic rings. The lowest BCUT2D eigenvalue weighted by Crippen LogP contribution is -2.55. The van der Waals surface area contributed by atoms with E-state index in [4.69, 9.17) is 13.9 Å². The first-order valence-electron chi connectivity index (χ1n) is 12.3. The molecule has 40 heavy (non-hydrogen) atoms. The number of phenols is 3. The molecule has 0 amide bonds. The van der Waals surface area contributed by atoms with Gasteiger partial charge in [0.2, 0.25) is 0 Å². The number of ether oxygens (including phenoxy) is 2. The molecule has 0 spiro atoms. The van der Waals surface area contributed by atoms with Crippen molar-refractivity contribution in [1.29, 1.82) is 0 Å². The predicted molar refractivity (Wildman–Crippen MR) is 132 cm³/mol. The second-order valence-electron chi connectivity index (χ2n) is 9.80. The molecule has 216 valence electrons. The lowest BCUT2D eigenvalue weighted by molar-refractivity contribution is -0.231. The van der Waals surface area contributed by atoms with Crippen molar-refractivity contribution in [3.63, 3.8) is 0 Å². The number of aliphatic hydroxyl groups excluding tert-OH is 7. The fourth-order valence-electron chi connectivity index (χ4n) is 5.11. The van der Waals surface area contributed by atoms with E-state index < -0.39 is 107 Å². The van der Waals surface area contributed by atoms with E-state index in [9.17, 15) is 55.9 Å². The molecule has 2 aliphatic heterocycles. The summed E-state index contributed by atoms with van der Waals surface area (Å²) in [4.78, 5) is 13.4. The Balaban J connectivity index is 1.81. The van der Waals surface area contributed by atoms with Crippen molar-refractivity contribution in [2.75, 3.05) is 13.2 Å². The zero-order valence-electron chi connectivity index (χ0n) is 20.6. The quantitative estimate of drug-likeness (QED) is 0.169. The summed E-state index contributed by atoms with van der Waals surface area (Å²) in [5.74, 6) is -2.00. The molecule has 3 aromatic rings. The Bertz CT molecular complexity index is 1450. The minimum absolute atomic E-state index is 0.0767. The summed E-state index contributed by atoms with van der Waals surface area (Å²) in [5.41, 5.74) is -2.19. The van der Waals surface area contributed by atoms with Crippen LogP contribution in [0.2, 0.25) is 0 Å². The van der Waals surface area contributed by atoms with Crippen LogP contribution in [-0.4, -0.2) is 107 Å². The van der Waals surface area contributed by atoms with E-state index in [1.165, 1.54) is 24.3 Å². The molecule has 9 atom stereocenters. The second kappa shape index (κ2) is 10.6. The van der Waals surface area contributed by atoms with Crippen LogP contribution in [-0.2, 0) is 9.47 Å². The number of rotatable bonds is 4. The highest BCUT2D eigenvalue weighted by molar-refractivity contribution is 5.92. The molecule has 3 heterocycles. The van der Waals surface area contributed by atoms with Crippen LogP contribution in [0.15, 0.2) is 39.5 Å². The smallest absolute Gasteiger partial charge is 0.197 e. The zero-order chi connectivity index (χ0) is 29.0. The van der Waals surface area contributed by atoms with E-state index >= 15 is 0 Å². The first kappa shape index (κ1) is 28.2. The van der Waals surface area contributed by atoms with Crippen LogP contribution in [0.5, 0.6) is 17.2 Å². The van der Waals surface area contributed by atoms with Gasteiger partial charge in [-0.2, -0.15) is 0 Å². The van der Waals surface area contributed by atoms with Gasteiger partial charge in [-0.25, -0.2) is 0 Å². The molecule has 2 aromatic carbocycles. The van der Waals surface area contributed by atoms with Gasteiger partial charge in [0, 0.05) is 11.6 Å². The first-order chi connectivity index (χ1) is 19.0. The second-order valence-corrected chi connectivity index (χ2v) is 9.80. The first-order valence-corrected chi connectivity index (χ1v) is 12.3. The van der Waals surface area contributed by atoms with E-state index in [1.807, 2.05) is 0 Å². The van der Waals surface area contributed by atoms with Crippen LogP contribution < -0.4 is 5.43 Å². The van der Waals surface area contributed by atoms with Crippen molar-refractivity contribution in [2.24, 2.45) is 0 Å². The van der Waals surface area contributed by atoms with Gasteiger partial charge in [0.1, 0.15) is 83.3 Å². The molecule has 0 saturated carbocycles. The number of benzene rings is 2. The van der Waals surface area contributed by atoms with Crippen LogP contribution in [0.4, 0.5) is 0 Å². The standard InChI is InChI=1S/C26H28O14/c27-6-13-18(32)21(35)23(37)26(40-13)16-20(34)15(25-22(36)17(31)11(30)7-38-25)19(33)14-10(29)5-12(39-24(14)16)8-1-3-9(28)4-2-8/h1-5,11,13,17-18,21-23,25-28,30-37H,6-7H2/t11-,13?,17-,18+,21-,22?,23?,25-,26-/m0/s1. The lowest BCUT2D eigenvalue weighted by Gasteiger charge is -2.41. The summed E-state index contributed by atoms with van der Waals surface area (Å²) < 4.78 is 16.9. The van der Waals surface area contributed by atoms with E-state index in [1.54, 1.807) is 0 Å². The van der Waals surface area contributed by atoms with Crippen molar-refractivity contribution < 1.29 is 65.0 Å². The number of aliphatic hydroxyl groups is 7. The molecule has 3 unspecified atom stereocenters. The van der Waals surface area contributed by atoms with Gasteiger partial charge >= 0.3 is 0 Å². The van der Waals surface area contributed by atoms with Crippen LogP contribution in [0.3, 0.4) is 0 Å². The van der Waals surface area contributed by atoms with Crippen molar-refractivity contribution in [3.05, 3.63) is 51.7 Å². The van der Waals surface area contributed by atoms with Gasteiger partial charge in [-0.1, -0.05) is 0 Å². The maximum Gasteiger partial charge on any atom is 0.197 e. The fourth-order valence-corrected chi connectivity index (χ4v) is 5.11. The topological polar surface area (TPSA) is 251 Å². The average Bonchev–Trinajstić information content (AvgIpc) is 2.92. The molecule has 2 fully saturated rings. The largest absolute Gasteiger partial charge is 0.508 e. The maximum atomic E-state index is 13.4. The Morgan fingerprint density at radius 1 is 0.775 bits per heavy atom. The Hall–Kier alpha value is -3.31. The molecule has 0 bridgehead atoms. The summed E-state index contributed by atoms with van der Waals surface area (Å²) in [6, 6.07) is 6.47. The number of fused-ring (bicyclic) bond motifs is 1. The van der Waals surface area contributed by atoms with Crippen molar-refractivity contribution in [2.45, 2.75) is 54.9 Å². The molecule has 14 nitrogen and oxygen atoms in total. The summed E-state index contributed by atoms with van der Waals surface area (Å²) >= 11 is 0. The van der Waals surface area contributed by atoms with Gasteiger partial charge in [0.05, 0.1) is 24.3 Å². The molecule has 0 aliphatic carbocycles. The third-order valence-electron chi connectivity index (χ3n) is 7.31. The van der Waals surface area contributed by atoms with E-state index in [0.29, 0.717) is 5.56 Å². The Labute approximate surface area is 224 Å². The van der Waals surface area contributed by atoms with Crippen molar-refractivity contribution in [3.8, 4) is 28.6 Å². The zero-order valence-corrected chi connectivity index (χ0v) is 20.6. The van der Waals surface area contributed by atoms with E-state index in [2.05, 4.69) is 0 Å². The normalized spacial score (nSPS) is 32.8. The van der Waals surface area contributed by atoms with Gasteiger partial charge in [-0.05, 0) is 24.3 Å². The van der Waals surface area contributed by atoms with Gasteiger partial charge < -0.3 is 65.0 Å². The van der Waals surface area contributed by atoms with Gasteiger partial charge in [0.25, 0.3) is 0 Å². The number of phenolic OH excluding ortho intramolecular Hbond substituents is 3. The highest BCUT2D eigenvalue weighted by Crippen LogP contribution is 2.50. The van der Waals surface area contributed by atoms with Crippen LogP contribution in [0.25, 0.3) is 22.3 Å². The van der Waals surface area contributed by atoms with E-state index in [-0.39, 0.29) is 11.5 Å². The Kier molecular flexibility index (Phi) is 7.47. The number of aromatic hydroxyl groups is 3. The monoisotopic (exact) mass is 564 g/mol. The molecule has 1 aromatic heterocycles. The highest BCUT2D eigenvalue weighted by atomic mass is 16.5. The molecular weight excluding hydrogens is 536 g/mol. The third kappa shape index (κ3) is 4.49. The van der Waals surface area contributed by atoms with Crippen LogP contribution in [0, 0.1) is 0 Å². The Morgan fingerprint density at radius 3 is 2.08 bits per heavy atom. The molecular formula is C26H28O14. The average molecular weight is 564 g/mol. The summed E-state index contributed by atoms with van der Waals surface area (Å²) in [5, 5.41) is 104. The van der Waals surface area contributed by atoms with Gasteiger partial charge in [-0.15, -0.1) is 0 Å². The molecule has 0 radical (unpaired) electrons. The lowest BCUT2D eigenvalue weighted by atomic mass is 9.85. The molecule has 2 saturated heterocycles. The van der Waals surface area contributed by atoms with Crippen molar-refractivity contribution in [1.82, 2.24) is 0 Å². The summed E-state index contributed by atoms with van der Waals surface area (Å²) in [6.07, 6.45) is -15.7. The Morgan fingerprint density at radius 2 is 1.43 bits per heavy atom. The minimum Gasteiger partial charge on any atom is -0.508 e. The SMILES string of the molecule is O=c1cc(-c2ccc(O)cc2)oc2c([C@@H]3OC(CO)[C@@H](O)[C@H](O)C3O)c(O)c([C@@H]3OC[C@H](O)[C@H](O)C3O)c(O)c12. The molecule has 5 rings (SSSR count). The highest BCUT2D eigenvalue weighted by Gasteiger charge is 2.48. The van der Waals surface area contributed by atoms with Crippen molar-refractivity contribution >= 4 is 11.0 Å². The fraction of sp³-hybridized carbons (Fsp3) is 0.423. The number of hydrogen-bond donors (Lipinski definition) is 10. The van der Waals surface area contributed by atoms with E-state index in [0.717, 1.165) is 6.07 Å². The molecule has 14 heteroatoms. The summed E-state index contributed by atoms with van der Waals surface area (Å²) in [7, 11) is 0. The maximum absolute atomic E-state index is 13.4. The van der Waals surface area contributed by atoms with Gasteiger partial charge in [0.15, 0.2) is 11.0 Å². The number of hydrogen-bond acceptors (Lipinski definition) is 14.